The summed E-state index contributed by atoms with van der Waals surface area (Å²) >= 11 is 4.99. The van der Waals surface area contributed by atoms with E-state index in [1.54, 1.807) is 54.7 Å². The van der Waals surface area contributed by atoms with Gasteiger partial charge < -0.3 is 4.74 Å². The molecular formula is C16H12N4O2S. The monoisotopic (exact) mass is 324 g/mol. The second kappa shape index (κ2) is 6.80. The molecule has 1 heterocycles. The van der Waals surface area contributed by atoms with Crippen LogP contribution >= 0.6 is 12.2 Å². The lowest BCUT2D eigenvalue weighted by molar-refractivity contribution is 0.0735. The van der Waals surface area contributed by atoms with Gasteiger partial charge in [-0.3, -0.25) is 5.10 Å². The summed E-state index contributed by atoms with van der Waals surface area (Å²) in [5.41, 5.74) is 1.35. The Kier molecular flexibility index (Phi) is 4.39. The van der Waals surface area contributed by atoms with Crippen LogP contribution in [0.3, 0.4) is 0 Å². The lowest BCUT2D eigenvalue weighted by Crippen LogP contribution is -2.08. The summed E-state index contributed by atoms with van der Waals surface area (Å²) < 4.78 is 7.16. The van der Waals surface area contributed by atoms with Gasteiger partial charge in [-0.25, -0.2) is 4.79 Å². The molecular weight excluding hydrogens is 312 g/mol. The van der Waals surface area contributed by atoms with Crippen LogP contribution in [0.25, 0.3) is 0 Å². The number of carbonyl (C=O) groups is 1. The molecule has 0 aliphatic heterocycles. The Morgan fingerprint density at radius 3 is 2.57 bits per heavy atom. The van der Waals surface area contributed by atoms with Crippen molar-refractivity contribution in [1.29, 1.82) is 0 Å². The van der Waals surface area contributed by atoms with Crippen molar-refractivity contribution in [3.8, 4) is 5.75 Å². The summed E-state index contributed by atoms with van der Waals surface area (Å²) in [4.78, 5) is 11.9. The van der Waals surface area contributed by atoms with Gasteiger partial charge in [0.1, 0.15) is 12.1 Å². The molecule has 0 bridgehead atoms. The molecule has 3 aromatic rings. The molecule has 0 spiro atoms. The van der Waals surface area contributed by atoms with Crippen molar-refractivity contribution in [2.75, 3.05) is 0 Å². The third-order valence-corrected chi connectivity index (χ3v) is 3.25. The highest BCUT2D eigenvalue weighted by atomic mass is 32.1. The number of esters is 1. The number of ether oxygens (including phenoxy) is 1. The van der Waals surface area contributed by atoms with Crippen LogP contribution in [0.4, 0.5) is 0 Å². The number of H-pyrrole nitrogens is 1. The maximum absolute atomic E-state index is 11.9. The topological polar surface area (TPSA) is 72.3 Å². The largest absolute Gasteiger partial charge is 0.423 e. The molecule has 6 nitrogen and oxygen atoms in total. The SMILES string of the molecule is O=C(Oc1ccc(/C=N\n2cn[nH]c2=S)cc1)c1ccccc1. The maximum Gasteiger partial charge on any atom is 0.343 e. The summed E-state index contributed by atoms with van der Waals surface area (Å²) in [6.45, 7) is 0. The third-order valence-electron chi connectivity index (χ3n) is 2.97. The molecule has 1 N–H and O–H groups in total. The molecule has 0 aliphatic carbocycles. The highest BCUT2D eigenvalue weighted by Gasteiger charge is 2.07. The quantitative estimate of drug-likeness (QED) is 0.346. The van der Waals surface area contributed by atoms with E-state index in [2.05, 4.69) is 15.3 Å². The fourth-order valence-corrected chi connectivity index (χ4v) is 1.96. The molecule has 114 valence electrons. The number of carbonyl (C=O) groups excluding carboxylic acids is 1. The van der Waals surface area contributed by atoms with Crippen molar-refractivity contribution in [3.63, 3.8) is 0 Å². The fourth-order valence-electron chi connectivity index (χ4n) is 1.82. The van der Waals surface area contributed by atoms with Crippen LogP contribution in [-0.4, -0.2) is 27.1 Å². The number of aromatic nitrogens is 3. The Morgan fingerprint density at radius 1 is 1.17 bits per heavy atom. The van der Waals surface area contributed by atoms with E-state index in [0.29, 0.717) is 16.1 Å². The molecule has 0 radical (unpaired) electrons. The molecule has 0 saturated carbocycles. The number of hydrogen-bond donors (Lipinski definition) is 1. The first-order valence-electron chi connectivity index (χ1n) is 6.76. The normalized spacial score (nSPS) is 10.8. The standard InChI is InChI=1S/C16H12N4O2S/c21-15(13-4-2-1-3-5-13)22-14-8-6-12(7-9-14)10-18-20-11-17-19-16(20)23/h1-11H,(H,19,23)/b18-10-. The Balaban J connectivity index is 1.68. The van der Waals surface area contributed by atoms with Gasteiger partial charge in [0, 0.05) is 0 Å². The zero-order valence-corrected chi connectivity index (χ0v) is 12.7. The lowest BCUT2D eigenvalue weighted by atomic mass is 10.2. The molecule has 2 aromatic carbocycles. The molecule has 3 rings (SSSR count). The first-order chi connectivity index (χ1) is 11.2. The predicted octanol–water partition coefficient (Wildman–Crippen LogP) is 3.04. The van der Waals surface area contributed by atoms with Gasteiger partial charge in [-0.1, -0.05) is 18.2 Å². The third kappa shape index (κ3) is 3.78. The Bertz CT molecular complexity index is 882. The molecule has 0 aliphatic rings. The van der Waals surface area contributed by atoms with Crippen LogP contribution in [0.15, 0.2) is 66.0 Å². The Hall–Kier alpha value is -3.06. The Morgan fingerprint density at radius 2 is 1.91 bits per heavy atom. The van der Waals surface area contributed by atoms with Crippen LogP contribution in [-0.2, 0) is 0 Å². The number of benzene rings is 2. The molecule has 1 aromatic heterocycles. The molecule has 0 amide bonds. The maximum atomic E-state index is 11.9. The summed E-state index contributed by atoms with van der Waals surface area (Å²) in [5, 5.41) is 10.5. The first-order valence-corrected chi connectivity index (χ1v) is 7.17. The van der Waals surface area contributed by atoms with E-state index in [0.717, 1.165) is 5.56 Å². The van der Waals surface area contributed by atoms with E-state index in [4.69, 9.17) is 17.0 Å². The average Bonchev–Trinajstić information content (AvgIpc) is 3.00. The van der Waals surface area contributed by atoms with Crippen molar-refractivity contribution >= 4 is 24.4 Å². The van der Waals surface area contributed by atoms with Crippen molar-refractivity contribution < 1.29 is 9.53 Å². The fraction of sp³-hybridized carbons (Fsp3) is 0. The zero-order chi connectivity index (χ0) is 16.1. The molecule has 0 saturated heterocycles. The number of rotatable bonds is 4. The predicted molar refractivity (Wildman–Crippen MR) is 88.2 cm³/mol. The van der Waals surface area contributed by atoms with Crippen LogP contribution in [0, 0.1) is 4.77 Å². The van der Waals surface area contributed by atoms with Crippen molar-refractivity contribution in [2.24, 2.45) is 5.10 Å². The highest BCUT2D eigenvalue weighted by molar-refractivity contribution is 7.71. The van der Waals surface area contributed by atoms with Gasteiger partial charge in [-0.05, 0) is 54.2 Å². The van der Waals surface area contributed by atoms with E-state index in [9.17, 15) is 4.79 Å². The smallest absolute Gasteiger partial charge is 0.343 e. The number of nitrogens with zero attached hydrogens (tertiary/aromatic N) is 3. The summed E-state index contributed by atoms with van der Waals surface area (Å²) in [6, 6.07) is 15.8. The van der Waals surface area contributed by atoms with Gasteiger partial charge in [0.25, 0.3) is 0 Å². The van der Waals surface area contributed by atoms with Crippen LogP contribution in [0.1, 0.15) is 15.9 Å². The van der Waals surface area contributed by atoms with E-state index in [-0.39, 0.29) is 0 Å². The van der Waals surface area contributed by atoms with Gasteiger partial charge in [0.15, 0.2) is 0 Å². The first kappa shape index (κ1) is 14.9. The number of nitrogens with one attached hydrogen (secondary N) is 1. The minimum absolute atomic E-state index is 0.392. The molecule has 0 fully saturated rings. The van der Waals surface area contributed by atoms with Crippen molar-refractivity contribution in [1.82, 2.24) is 14.9 Å². The van der Waals surface area contributed by atoms with Crippen LogP contribution < -0.4 is 4.74 Å². The summed E-state index contributed by atoms with van der Waals surface area (Å²) in [6.07, 6.45) is 3.11. The lowest BCUT2D eigenvalue weighted by Gasteiger charge is -2.04. The summed E-state index contributed by atoms with van der Waals surface area (Å²) in [7, 11) is 0. The second-order valence-electron chi connectivity index (χ2n) is 4.58. The van der Waals surface area contributed by atoms with E-state index in [1.807, 2.05) is 6.07 Å². The van der Waals surface area contributed by atoms with E-state index < -0.39 is 5.97 Å². The number of aromatic amines is 1. The van der Waals surface area contributed by atoms with Crippen molar-refractivity contribution in [2.45, 2.75) is 0 Å². The highest BCUT2D eigenvalue weighted by Crippen LogP contribution is 2.13. The minimum Gasteiger partial charge on any atom is -0.423 e. The minimum atomic E-state index is -0.392. The van der Waals surface area contributed by atoms with E-state index >= 15 is 0 Å². The average molecular weight is 324 g/mol. The van der Waals surface area contributed by atoms with Crippen LogP contribution in [0.2, 0.25) is 0 Å². The van der Waals surface area contributed by atoms with Gasteiger partial charge >= 0.3 is 5.97 Å². The molecule has 0 atom stereocenters. The van der Waals surface area contributed by atoms with E-state index in [1.165, 1.54) is 11.0 Å². The van der Waals surface area contributed by atoms with Crippen LogP contribution in [0.5, 0.6) is 5.75 Å². The van der Waals surface area contributed by atoms with Gasteiger partial charge in [-0.15, -0.1) is 0 Å². The van der Waals surface area contributed by atoms with Gasteiger partial charge in [0.2, 0.25) is 4.77 Å². The van der Waals surface area contributed by atoms with Crippen molar-refractivity contribution in [3.05, 3.63) is 76.8 Å². The Labute approximate surface area is 137 Å². The zero-order valence-electron chi connectivity index (χ0n) is 11.9. The summed E-state index contributed by atoms with van der Waals surface area (Å²) in [5.74, 6) is 0.0765. The van der Waals surface area contributed by atoms with Gasteiger partial charge in [-0.2, -0.15) is 14.9 Å². The number of hydrogen-bond acceptors (Lipinski definition) is 5. The second-order valence-corrected chi connectivity index (χ2v) is 4.96. The molecule has 7 heteroatoms. The molecule has 0 unspecified atom stereocenters. The molecule has 23 heavy (non-hydrogen) atoms. The van der Waals surface area contributed by atoms with Gasteiger partial charge in [0.05, 0.1) is 11.8 Å².